The van der Waals surface area contributed by atoms with Crippen LogP contribution in [0.1, 0.15) is 12.7 Å². The van der Waals surface area contributed by atoms with E-state index in [1.165, 1.54) is 0 Å². The Morgan fingerprint density at radius 3 is 2.88 bits per heavy atom. The van der Waals surface area contributed by atoms with Crippen molar-refractivity contribution < 1.29 is 4.74 Å². The van der Waals surface area contributed by atoms with Crippen LogP contribution in [-0.4, -0.2) is 9.55 Å². The van der Waals surface area contributed by atoms with Gasteiger partial charge in [-0.25, -0.2) is 4.98 Å². The molecule has 0 fully saturated rings. The zero-order chi connectivity index (χ0) is 12.3. The predicted octanol–water partition coefficient (Wildman–Crippen LogP) is 2.83. The summed E-state index contributed by atoms with van der Waals surface area (Å²) in [6, 6.07) is 7.73. The van der Waals surface area contributed by atoms with Crippen molar-refractivity contribution in [3.63, 3.8) is 0 Å². The van der Waals surface area contributed by atoms with Crippen molar-refractivity contribution in [2.45, 2.75) is 20.1 Å². The molecule has 0 amide bonds. The van der Waals surface area contributed by atoms with Crippen LogP contribution in [0.25, 0.3) is 0 Å². The Morgan fingerprint density at radius 1 is 1.41 bits per heavy atom. The maximum atomic E-state index is 5.69. The lowest BCUT2D eigenvalue weighted by Crippen LogP contribution is -2.05. The van der Waals surface area contributed by atoms with Crippen molar-refractivity contribution in [2.75, 3.05) is 5.73 Å². The molecule has 0 radical (unpaired) electrons. The second kappa shape index (κ2) is 5.23. The van der Waals surface area contributed by atoms with E-state index in [1.54, 1.807) is 0 Å². The number of para-hydroxylation sites is 1. The second-order valence-electron chi connectivity index (χ2n) is 3.59. The molecule has 2 rings (SSSR count). The van der Waals surface area contributed by atoms with Gasteiger partial charge in [0.2, 0.25) is 0 Å². The fourth-order valence-electron chi connectivity index (χ4n) is 1.57. The van der Waals surface area contributed by atoms with Crippen LogP contribution in [0.3, 0.4) is 0 Å². The van der Waals surface area contributed by atoms with E-state index in [9.17, 15) is 0 Å². The molecule has 2 aromatic rings. The van der Waals surface area contributed by atoms with Crippen LogP contribution in [0, 0.1) is 0 Å². The molecule has 1 aromatic heterocycles. The number of ether oxygens (including phenoxy) is 1. The Kier molecular flexibility index (Phi) is 3.68. The van der Waals surface area contributed by atoms with E-state index in [0.29, 0.717) is 12.4 Å². The van der Waals surface area contributed by atoms with E-state index in [0.717, 1.165) is 22.6 Å². The molecule has 0 bridgehead atoms. The van der Waals surface area contributed by atoms with E-state index >= 15 is 0 Å². The molecular formula is C12H14BrN3O. The van der Waals surface area contributed by atoms with Gasteiger partial charge in [0.1, 0.15) is 24.0 Å². The van der Waals surface area contributed by atoms with Crippen molar-refractivity contribution >= 4 is 21.7 Å². The number of rotatable bonds is 4. The zero-order valence-electron chi connectivity index (χ0n) is 9.56. The summed E-state index contributed by atoms with van der Waals surface area (Å²) in [5, 5.41) is 0. The van der Waals surface area contributed by atoms with Crippen LogP contribution in [0.4, 0.5) is 5.82 Å². The first-order valence-corrected chi connectivity index (χ1v) is 6.19. The number of hydrogen-bond donors (Lipinski definition) is 1. The Labute approximate surface area is 109 Å². The molecule has 1 aromatic carbocycles. The van der Waals surface area contributed by atoms with Gasteiger partial charge in [-0.1, -0.05) is 12.1 Å². The smallest absolute Gasteiger partial charge is 0.149 e. The summed E-state index contributed by atoms with van der Waals surface area (Å²) < 4.78 is 8.60. The van der Waals surface area contributed by atoms with Crippen molar-refractivity contribution in [3.05, 3.63) is 40.8 Å². The summed E-state index contributed by atoms with van der Waals surface area (Å²) in [6.07, 6.45) is 1.82. The van der Waals surface area contributed by atoms with E-state index in [1.807, 2.05) is 42.0 Å². The maximum absolute atomic E-state index is 5.69. The van der Waals surface area contributed by atoms with Crippen LogP contribution in [0.2, 0.25) is 0 Å². The lowest BCUT2D eigenvalue weighted by atomic mass is 10.3. The normalized spacial score (nSPS) is 10.5. The number of nitrogens with two attached hydrogens (primary N) is 1. The highest BCUT2D eigenvalue weighted by Crippen LogP contribution is 2.24. The first-order chi connectivity index (χ1) is 8.20. The second-order valence-corrected chi connectivity index (χ2v) is 4.44. The van der Waals surface area contributed by atoms with E-state index in [-0.39, 0.29) is 0 Å². The summed E-state index contributed by atoms with van der Waals surface area (Å²) in [6.45, 7) is 3.29. The van der Waals surface area contributed by atoms with Gasteiger partial charge in [-0.05, 0) is 35.0 Å². The standard InChI is InChI=1S/C12H14BrN3O/c1-2-16-7-11(14)15-12(16)8-17-10-6-4-3-5-9(10)13/h3-7H,2,8,14H2,1H3. The molecule has 17 heavy (non-hydrogen) atoms. The maximum Gasteiger partial charge on any atom is 0.149 e. The van der Waals surface area contributed by atoms with E-state index in [2.05, 4.69) is 20.9 Å². The van der Waals surface area contributed by atoms with Crippen LogP contribution < -0.4 is 10.5 Å². The fourth-order valence-corrected chi connectivity index (χ4v) is 1.97. The highest BCUT2D eigenvalue weighted by Gasteiger charge is 2.06. The molecule has 1 heterocycles. The van der Waals surface area contributed by atoms with E-state index < -0.39 is 0 Å². The summed E-state index contributed by atoms with van der Waals surface area (Å²) in [4.78, 5) is 4.23. The number of anilines is 1. The van der Waals surface area contributed by atoms with Gasteiger partial charge in [0, 0.05) is 12.7 Å². The van der Waals surface area contributed by atoms with Crippen LogP contribution in [-0.2, 0) is 13.2 Å². The first-order valence-electron chi connectivity index (χ1n) is 5.39. The number of hydrogen-bond acceptors (Lipinski definition) is 3. The molecule has 0 aliphatic rings. The Balaban J connectivity index is 2.09. The van der Waals surface area contributed by atoms with Gasteiger partial charge in [-0.2, -0.15) is 0 Å². The minimum Gasteiger partial charge on any atom is -0.484 e. The molecular weight excluding hydrogens is 282 g/mol. The number of halogens is 1. The molecule has 90 valence electrons. The molecule has 5 heteroatoms. The molecule has 0 aliphatic carbocycles. The fraction of sp³-hybridized carbons (Fsp3) is 0.250. The highest BCUT2D eigenvalue weighted by molar-refractivity contribution is 9.10. The first kappa shape index (κ1) is 12.0. The zero-order valence-corrected chi connectivity index (χ0v) is 11.1. The van der Waals surface area contributed by atoms with Crippen molar-refractivity contribution in [1.82, 2.24) is 9.55 Å². The van der Waals surface area contributed by atoms with Crippen LogP contribution in [0.15, 0.2) is 34.9 Å². The third-order valence-electron chi connectivity index (χ3n) is 2.41. The number of nitrogen functional groups attached to an aromatic ring is 1. The molecule has 0 aliphatic heterocycles. The van der Waals surface area contributed by atoms with Gasteiger partial charge in [-0.3, -0.25) is 0 Å². The van der Waals surface area contributed by atoms with Crippen molar-refractivity contribution in [3.8, 4) is 5.75 Å². The summed E-state index contributed by atoms with van der Waals surface area (Å²) in [5.74, 6) is 2.16. The van der Waals surface area contributed by atoms with Gasteiger partial charge in [0.25, 0.3) is 0 Å². The van der Waals surface area contributed by atoms with Crippen molar-refractivity contribution in [2.24, 2.45) is 0 Å². The lowest BCUT2D eigenvalue weighted by molar-refractivity contribution is 0.288. The number of benzene rings is 1. The number of nitrogens with zero attached hydrogens (tertiary/aromatic N) is 2. The number of imidazole rings is 1. The molecule has 0 spiro atoms. The Bertz CT molecular complexity index is 510. The molecule has 0 saturated heterocycles. The quantitative estimate of drug-likeness (QED) is 0.944. The van der Waals surface area contributed by atoms with Gasteiger partial charge < -0.3 is 15.0 Å². The Hall–Kier alpha value is -1.49. The molecule has 2 N–H and O–H groups in total. The van der Waals surface area contributed by atoms with E-state index in [4.69, 9.17) is 10.5 Å². The van der Waals surface area contributed by atoms with Crippen LogP contribution in [0.5, 0.6) is 5.75 Å². The van der Waals surface area contributed by atoms with Gasteiger partial charge >= 0.3 is 0 Å². The topological polar surface area (TPSA) is 53.1 Å². The average Bonchev–Trinajstić information content (AvgIpc) is 2.69. The summed E-state index contributed by atoms with van der Waals surface area (Å²) in [7, 11) is 0. The van der Waals surface area contributed by atoms with Gasteiger partial charge in [-0.15, -0.1) is 0 Å². The third kappa shape index (κ3) is 2.79. The number of aryl methyl sites for hydroxylation is 1. The van der Waals surface area contributed by atoms with Crippen molar-refractivity contribution in [1.29, 1.82) is 0 Å². The summed E-state index contributed by atoms with van der Waals surface area (Å²) in [5.41, 5.74) is 5.66. The minimum atomic E-state index is 0.410. The number of aromatic nitrogens is 2. The average molecular weight is 296 g/mol. The van der Waals surface area contributed by atoms with Crippen LogP contribution >= 0.6 is 15.9 Å². The van der Waals surface area contributed by atoms with Gasteiger partial charge in [0.15, 0.2) is 0 Å². The monoisotopic (exact) mass is 295 g/mol. The molecule has 0 unspecified atom stereocenters. The molecule has 4 nitrogen and oxygen atoms in total. The largest absolute Gasteiger partial charge is 0.484 e. The Morgan fingerprint density at radius 2 is 2.18 bits per heavy atom. The minimum absolute atomic E-state index is 0.410. The molecule has 0 saturated carbocycles. The lowest BCUT2D eigenvalue weighted by Gasteiger charge is -2.08. The molecule has 0 atom stereocenters. The highest BCUT2D eigenvalue weighted by atomic mass is 79.9. The third-order valence-corrected chi connectivity index (χ3v) is 3.07. The SMILES string of the molecule is CCn1cc(N)nc1COc1ccccc1Br. The van der Waals surface area contributed by atoms with Gasteiger partial charge in [0.05, 0.1) is 4.47 Å². The summed E-state index contributed by atoms with van der Waals surface area (Å²) >= 11 is 3.43. The predicted molar refractivity (Wildman–Crippen MR) is 70.8 cm³/mol.